The number of rotatable bonds is 9. The molecule has 0 saturated carbocycles. The molecule has 0 aromatic heterocycles. The van der Waals surface area contributed by atoms with Crippen LogP contribution in [0.25, 0.3) is 11.1 Å². The van der Waals surface area contributed by atoms with Crippen LogP contribution in [0.5, 0.6) is 5.75 Å². The molecule has 0 spiro atoms. The third kappa shape index (κ3) is 6.42. The van der Waals surface area contributed by atoms with Crippen molar-refractivity contribution in [3.8, 4) is 16.9 Å². The maximum Gasteiger partial charge on any atom is 0.240 e. The minimum absolute atomic E-state index is 0.0207. The molecular weight excluding hydrogens is 436 g/mol. The molecule has 0 aliphatic carbocycles. The van der Waals surface area contributed by atoms with Crippen LogP contribution < -0.4 is 9.46 Å². The first kappa shape index (κ1) is 23.4. The molecule has 1 aliphatic rings. The quantitative estimate of drug-likeness (QED) is 0.503. The molecule has 0 bridgehead atoms. The van der Waals surface area contributed by atoms with Crippen LogP contribution in [0.1, 0.15) is 18.4 Å². The lowest BCUT2D eigenvalue weighted by molar-refractivity contribution is 0.192. The summed E-state index contributed by atoms with van der Waals surface area (Å²) in [5, 5.41) is 8.94. The molecular formula is C26H30N2O4S. The van der Waals surface area contributed by atoms with Gasteiger partial charge < -0.3 is 9.84 Å². The number of nitrogens with one attached hydrogen (secondary N) is 1. The van der Waals surface area contributed by atoms with Gasteiger partial charge in [0, 0.05) is 19.1 Å². The van der Waals surface area contributed by atoms with Gasteiger partial charge in [-0.15, -0.1) is 0 Å². The van der Waals surface area contributed by atoms with Crippen molar-refractivity contribution in [2.24, 2.45) is 0 Å². The number of aliphatic hydroxyl groups excluding tert-OH is 1. The molecule has 3 aromatic carbocycles. The van der Waals surface area contributed by atoms with Crippen molar-refractivity contribution in [1.29, 1.82) is 0 Å². The maximum atomic E-state index is 13.0. The van der Waals surface area contributed by atoms with Crippen molar-refractivity contribution in [2.45, 2.75) is 30.3 Å². The van der Waals surface area contributed by atoms with E-state index >= 15 is 0 Å². The molecule has 6 nitrogen and oxygen atoms in total. The van der Waals surface area contributed by atoms with Crippen LogP contribution in [0.2, 0.25) is 0 Å². The van der Waals surface area contributed by atoms with Gasteiger partial charge in [-0.25, -0.2) is 13.1 Å². The number of ether oxygens (including phenoxy) is 1. The zero-order valence-corrected chi connectivity index (χ0v) is 19.4. The van der Waals surface area contributed by atoms with E-state index in [0.717, 1.165) is 48.4 Å². The summed E-state index contributed by atoms with van der Waals surface area (Å²) in [6.07, 6.45) is 1.75. The Balaban J connectivity index is 1.37. The molecule has 33 heavy (non-hydrogen) atoms. The molecule has 1 fully saturated rings. The second-order valence-corrected chi connectivity index (χ2v) is 10.0. The zero-order chi connectivity index (χ0) is 23.1. The average Bonchev–Trinajstić information content (AvgIpc) is 2.84. The van der Waals surface area contributed by atoms with Gasteiger partial charge in [-0.2, -0.15) is 0 Å². The SMILES string of the molecule is O=S(=O)(N[C@@H]1CCCN(Cc2cccc(OCCO)c2)C1)c1ccc(-c2ccccc2)cc1. The summed E-state index contributed by atoms with van der Waals surface area (Å²) in [7, 11) is -3.59. The predicted molar refractivity (Wildman–Crippen MR) is 130 cm³/mol. The molecule has 7 heteroatoms. The summed E-state index contributed by atoms with van der Waals surface area (Å²) in [6, 6.07) is 24.6. The lowest BCUT2D eigenvalue weighted by Crippen LogP contribution is -2.47. The van der Waals surface area contributed by atoms with Gasteiger partial charge in [0.25, 0.3) is 0 Å². The Hall–Kier alpha value is -2.71. The van der Waals surface area contributed by atoms with Gasteiger partial charge >= 0.3 is 0 Å². The van der Waals surface area contributed by atoms with E-state index in [9.17, 15) is 8.42 Å². The molecule has 1 aliphatic heterocycles. The molecule has 1 saturated heterocycles. The molecule has 0 radical (unpaired) electrons. The van der Waals surface area contributed by atoms with Gasteiger partial charge in [0.05, 0.1) is 11.5 Å². The number of likely N-dealkylation sites (tertiary alicyclic amines) is 1. The highest BCUT2D eigenvalue weighted by Gasteiger charge is 2.25. The van der Waals surface area contributed by atoms with Crippen LogP contribution >= 0.6 is 0 Å². The van der Waals surface area contributed by atoms with E-state index in [-0.39, 0.29) is 24.2 Å². The standard InChI is InChI=1S/C26H30N2O4S/c29-16-17-32-25-10-4-6-21(18-25)19-28-15-5-9-24(20-28)27-33(30,31)26-13-11-23(12-14-26)22-7-2-1-3-8-22/h1-4,6-8,10-14,18,24,27,29H,5,9,15-17,19-20H2/t24-/m1/s1. The smallest absolute Gasteiger partial charge is 0.240 e. The van der Waals surface area contributed by atoms with E-state index in [2.05, 4.69) is 9.62 Å². The molecule has 3 aromatic rings. The van der Waals surface area contributed by atoms with Crippen LogP contribution in [-0.4, -0.2) is 50.8 Å². The van der Waals surface area contributed by atoms with Crippen molar-refractivity contribution in [2.75, 3.05) is 26.3 Å². The Labute approximate surface area is 195 Å². The van der Waals surface area contributed by atoms with Gasteiger partial charge in [0.2, 0.25) is 10.0 Å². The molecule has 174 valence electrons. The molecule has 0 unspecified atom stereocenters. The fraction of sp³-hybridized carbons (Fsp3) is 0.308. The van der Waals surface area contributed by atoms with E-state index < -0.39 is 10.0 Å². The second-order valence-electron chi connectivity index (χ2n) is 8.31. The van der Waals surface area contributed by atoms with Crippen LogP contribution in [0.4, 0.5) is 0 Å². The summed E-state index contributed by atoms with van der Waals surface area (Å²) >= 11 is 0. The number of benzene rings is 3. The Morgan fingerprint density at radius 1 is 0.970 bits per heavy atom. The monoisotopic (exact) mass is 466 g/mol. The normalized spacial score (nSPS) is 17.1. The van der Waals surface area contributed by atoms with Crippen molar-refractivity contribution in [3.63, 3.8) is 0 Å². The van der Waals surface area contributed by atoms with Crippen molar-refractivity contribution < 1.29 is 18.3 Å². The molecule has 4 rings (SSSR count). The van der Waals surface area contributed by atoms with E-state index in [1.54, 1.807) is 12.1 Å². The number of aliphatic hydroxyl groups is 1. The third-order valence-corrected chi connectivity index (χ3v) is 7.30. The molecule has 1 heterocycles. The lowest BCUT2D eigenvalue weighted by atomic mass is 10.1. The zero-order valence-electron chi connectivity index (χ0n) is 18.6. The summed E-state index contributed by atoms with van der Waals surface area (Å²) in [6.45, 7) is 2.55. The van der Waals surface area contributed by atoms with Gasteiger partial charge in [-0.1, -0.05) is 54.6 Å². The van der Waals surface area contributed by atoms with Gasteiger partial charge in [0.1, 0.15) is 12.4 Å². The minimum atomic E-state index is -3.59. The number of nitrogens with zero attached hydrogens (tertiary/aromatic N) is 1. The van der Waals surface area contributed by atoms with Crippen molar-refractivity contribution in [3.05, 3.63) is 84.4 Å². The third-order valence-electron chi connectivity index (χ3n) is 5.76. The summed E-state index contributed by atoms with van der Waals surface area (Å²) in [5.74, 6) is 0.731. The van der Waals surface area contributed by atoms with Gasteiger partial charge in [-0.3, -0.25) is 4.90 Å². The largest absolute Gasteiger partial charge is 0.491 e. The molecule has 2 N–H and O–H groups in total. The topological polar surface area (TPSA) is 78.9 Å². The highest BCUT2D eigenvalue weighted by atomic mass is 32.2. The molecule has 1 atom stereocenters. The Bertz CT molecular complexity index is 1130. The highest BCUT2D eigenvalue weighted by molar-refractivity contribution is 7.89. The highest BCUT2D eigenvalue weighted by Crippen LogP contribution is 2.22. The van der Waals surface area contributed by atoms with Gasteiger partial charge in [-0.05, 0) is 60.3 Å². The summed E-state index contributed by atoms with van der Waals surface area (Å²) in [4.78, 5) is 2.55. The number of piperidine rings is 1. The van der Waals surface area contributed by atoms with Crippen molar-refractivity contribution >= 4 is 10.0 Å². The minimum Gasteiger partial charge on any atom is -0.491 e. The van der Waals surface area contributed by atoms with E-state index in [0.29, 0.717) is 6.54 Å². The fourth-order valence-corrected chi connectivity index (χ4v) is 5.46. The lowest BCUT2D eigenvalue weighted by Gasteiger charge is -2.33. The first-order valence-electron chi connectivity index (χ1n) is 11.3. The van der Waals surface area contributed by atoms with Crippen LogP contribution in [0.15, 0.2) is 83.8 Å². The summed E-state index contributed by atoms with van der Waals surface area (Å²) in [5.41, 5.74) is 3.15. The Morgan fingerprint density at radius 2 is 1.73 bits per heavy atom. The second kappa shape index (κ2) is 10.9. The first-order chi connectivity index (χ1) is 16.0. The van der Waals surface area contributed by atoms with Crippen LogP contribution in [-0.2, 0) is 16.6 Å². The van der Waals surface area contributed by atoms with E-state index in [1.165, 1.54) is 0 Å². The summed E-state index contributed by atoms with van der Waals surface area (Å²) < 4.78 is 34.4. The number of sulfonamides is 1. The van der Waals surface area contributed by atoms with E-state index in [4.69, 9.17) is 9.84 Å². The van der Waals surface area contributed by atoms with Crippen LogP contribution in [0, 0.1) is 0 Å². The van der Waals surface area contributed by atoms with Crippen LogP contribution in [0.3, 0.4) is 0 Å². The Morgan fingerprint density at radius 3 is 2.48 bits per heavy atom. The first-order valence-corrected chi connectivity index (χ1v) is 12.7. The van der Waals surface area contributed by atoms with Gasteiger partial charge in [0.15, 0.2) is 0 Å². The number of hydrogen-bond donors (Lipinski definition) is 2. The average molecular weight is 467 g/mol. The maximum absolute atomic E-state index is 13.0. The van der Waals surface area contributed by atoms with Crippen molar-refractivity contribution in [1.82, 2.24) is 9.62 Å². The Kier molecular flexibility index (Phi) is 7.77. The van der Waals surface area contributed by atoms with E-state index in [1.807, 2.05) is 66.7 Å². The molecule has 0 amide bonds. The fourth-order valence-electron chi connectivity index (χ4n) is 4.20. The number of hydrogen-bond acceptors (Lipinski definition) is 5. The predicted octanol–water partition coefficient (Wildman–Crippen LogP) is 3.67.